The van der Waals surface area contributed by atoms with E-state index in [4.69, 9.17) is 27.9 Å². The molecule has 1 aliphatic heterocycles. The minimum absolute atomic E-state index is 0.155. The summed E-state index contributed by atoms with van der Waals surface area (Å²) in [6.07, 6.45) is 1.54. The number of hydrogen-bond donors (Lipinski definition) is 1. The molecule has 2 unspecified atom stereocenters. The Hall–Kier alpha value is -1.75. The zero-order chi connectivity index (χ0) is 19.4. The first-order valence-electron chi connectivity index (χ1n) is 9.14. The summed E-state index contributed by atoms with van der Waals surface area (Å²) >= 11 is 12.6. The number of piperidine rings is 1. The molecule has 2 aromatic rings. The molecule has 4 nitrogen and oxygen atoms in total. The summed E-state index contributed by atoms with van der Waals surface area (Å²) in [5.74, 6) is -0.331. The van der Waals surface area contributed by atoms with Crippen molar-refractivity contribution >= 4 is 29.2 Å². The Morgan fingerprint density at radius 2 is 2.11 bits per heavy atom. The van der Waals surface area contributed by atoms with Gasteiger partial charge in [-0.1, -0.05) is 41.4 Å². The Kier molecular flexibility index (Phi) is 6.64. The Morgan fingerprint density at radius 3 is 2.81 bits per heavy atom. The fourth-order valence-electron chi connectivity index (χ4n) is 3.69. The number of aliphatic carboxylic acids is 1. The summed E-state index contributed by atoms with van der Waals surface area (Å²) in [6, 6.07) is 13.2. The predicted octanol–water partition coefficient (Wildman–Crippen LogP) is 5.28. The summed E-state index contributed by atoms with van der Waals surface area (Å²) in [5, 5.41) is 10.6. The van der Waals surface area contributed by atoms with E-state index in [0.717, 1.165) is 29.8 Å². The number of carboxylic acids is 1. The minimum Gasteiger partial charge on any atom is -0.494 e. The van der Waals surface area contributed by atoms with E-state index in [2.05, 4.69) is 4.90 Å². The van der Waals surface area contributed by atoms with Gasteiger partial charge in [0.25, 0.3) is 0 Å². The lowest BCUT2D eigenvalue weighted by Gasteiger charge is -2.38. The second-order valence-electron chi connectivity index (χ2n) is 6.75. The number of nitrogens with zero attached hydrogens (tertiary/aromatic N) is 1. The van der Waals surface area contributed by atoms with Gasteiger partial charge in [-0.2, -0.15) is 0 Å². The Balaban J connectivity index is 2.03. The molecule has 1 aliphatic rings. The van der Waals surface area contributed by atoms with E-state index in [-0.39, 0.29) is 12.0 Å². The molecule has 1 saturated heterocycles. The molecule has 2 atom stereocenters. The highest BCUT2D eigenvalue weighted by molar-refractivity contribution is 6.35. The lowest BCUT2D eigenvalue weighted by Crippen LogP contribution is -2.41. The van der Waals surface area contributed by atoms with Crippen molar-refractivity contribution in [3.05, 3.63) is 63.6 Å². The fraction of sp³-hybridized carbons (Fsp3) is 0.381. The highest BCUT2D eigenvalue weighted by Gasteiger charge is 2.32. The lowest BCUT2D eigenvalue weighted by atomic mass is 9.91. The van der Waals surface area contributed by atoms with E-state index >= 15 is 0 Å². The van der Waals surface area contributed by atoms with Crippen LogP contribution in [0.2, 0.25) is 10.0 Å². The van der Waals surface area contributed by atoms with Gasteiger partial charge >= 0.3 is 5.97 Å². The second kappa shape index (κ2) is 8.96. The van der Waals surface area contributed by atoms with Crippen LogP contribution >= 0.6 is 23.2 Å². The maximum atomic E-state index is 11.6. The number of carbonyl (C=O) groups is 1. The molecule has 1 fully saturated rings. The van der Waals surface area contributed by atoms with E-state index in [1.165, 1.54) is 0 Å². The maximum absolute atomic E-state index is 11.6. The third-order valence-electron chi connectivity index (χ3n) is 4.91. The van der Waals surface area contributed by atoms with E-state index < -0.39 is 5.97 Å². The third-order valence-corrected chi connectivity index (χ3v) is 5.47. The van der Waals surface area contributed by atoms with Gasteiger partial charge in [-0.25, -0.2) is 0 Å². The minimum atomic E-state index is -0.747. The molecule has 0 radical (unpaired) electrons. The van der Waals surface area contributed by atoms with Gasteiger partial charge in [-0.3, -0.25) is 9.69 Å². The van der Waals surface area contributed by atoms with Gasteiger partial charge in [0.15, 0.2) is 0 Å². The van der Waals surface area contributed by atoms with E-state index in [0.29, 0.717) is 29.6 Å². The van der Waals surface area contributed by atoms with Crippen molar-refractivity contribution in [1.29, 1.82) is 0 Å². The zero-order valence-electron chi connectivity index (χ0n) is 15.2. The normalized spacial score (nSPS) is 18.9. The number of ether oxygens (including phenoxy) is 1. The Bertz CT molecular complexity index is 812. The van der Waals surface area contributed by atoms with E-state index in [9.17, 15) is 9.90 Å². The first kappa shape index (κ1) is 20.0. The summed E-state index contributed by atoms with van der Waals surface area (Å²) in [6.45, 7) is 3.83. The molecule has 0 aliphatic carbocycles. The van der Waals surface area contributed by atoms with Crippen LogP contribution in [0.3, 0.4) is 0 Å². The molecular weight excluding hydrogens is 385 g/mol. The monoisotopic (exact) mass is 407 g/mol. The smallest absolute Gasteiger partial charge is 0.307 e. The van der Waals surface area contributed by atoms with Crippen molar-refractivity contribution in [2.24, 2.45) is 5.92 Å². The van der Waals surface area contributed by atoms with Crippen LogP contribution in [0.15, 0.2) is 42.5 Å². The molecular formula is C21H23Cl2NO3. The van der Waals surface area contributed by atoms with Crippen LogP contribution in [0.25, 0.3) is 0 Å². The molecule has 0 amide bonds. The number of benzene rings is 2. The molecule has 0 saturated carbocycles. The molecule has 6 heteroatoms. The van der Waals surface area contributed by atoms with Crippen LogP contribution in [0.1, 0.15) is 36.9 Å². The molecule has 1 N–H and O–H groups in total. The molecule has 27 heavy (non-hydrogen) atoms. The first-order valence-corrected chi connectivity index (χ1v) is 9.89. The number of hydrogen-bond acceptors (Lipinski definition) is 3. The number of halogens is 2. The van der Waals surface area contributed by atoms with Crippen molar-refractivity contribution in [2.75, 3.05) is 19.7 Å². The third kappa shape index (κ3) is 4.75. The maximum Gasteiger partial charge on any atom is 0.307 e. The van der Waals surface area contributed by atoms with Gasteiger partial charge in [-0.05, 0) is 61.7 Å². The van der Waals surface area contributed by atoms with Gasteiger partial charge in [0.2, 0.25) is 0 Å². The number of carboxylic acid groups (broad SMARTS) is 1. The first-order chi connectivity index (χ1) is 13.0. The van der Waals surface area contributed by atoms with Crippen LogP contribution in [0.5, 0.6) is 5.75 Å². The van der Waals surface area contributed by atoms with Gasteiger partial charge in [-0.15, -0.1) is 0 Å². The zero-order valence-corrected chi connectivity index (χ0v) is 16.7. The van der Waals surface area contributed by atoms with Crippen molar-refractivity contribution in [2.45, 2.75) is 25.8 Å². The summed E-state index contributed by atoms with van der Waals surface area (Å²) in [4.78, 5) is 13.8. The Labute approximate surface area is 169 Å². The average molecular weight is 408 g/mol. The number of likely N-dealkylation sites (tertiary alicyclic amines) is 1. The fourth-order valence-corrected chi connectivity index (χ4v) is 4.21. The van der Waals surface area contributed by atoms with Crippen LogP contribution in [-0.4, -0.2) is 35.7 Å². The van der Waals surface area contributed by atoms with Crippen LogP contribution in [0.4, 0.5) is 0 Å². The van der Waals surface area contributed by atoms with Gasteiger partial charge in [0, 0.05) is 16.6 Å². The number of rotatable bonds is 6. The predicted molar refractivity (Wildman–Crippen MR) is 108 cm³/mol. The summed E-state index contributed by atoms with van der Waals surface area (Å²) < 4.78 is 5.66. The molecule has 3 rings (SSSR count). The van der Waals surface area contributed by atoms with Gasteiger partial charge in [0.1, 0.15) is 5.75 Å². The van der Waals surface area contributed by atoms with Gasteiger partial charge in [0.05, 0.1) is 18.6 Å². The quantitative estimate of drug-likeness (QED) is 0.707. The van der Waals surface area contributed by atoms with Crippen molar-refractivity contribution in [3.8, 4) is 5.75 Å². The van der Waals surface area contributed by atoms with Crippen molar-refractivity contribution in [3.63, 3.8) is 0 Å². The largest absolute Gasteiger partial charge is 0.494 e. The summed E-state index contributed by atoms with van der Waals surface area (Å²) in [5.41, 5.74) is 1.94. The molecule has 0 aromatic heterocycles. The summed E-state index contributed by atoms with van der Waals surface area (Å²) in [7, 11) is 0. The molecule has 144 valence electrons. The Morgan fingerprint density at radius 1 is 1.30 bits per heavy atom. The molecule has 1 heterocycles. The highest BCUT2D eigenvalue weighted by Crippen LogP contribution is 2.38. The van der Waals surface area contributed by atoms with Crippen LogP contribution in [0, 0.1) is 5.92 Å². The van der Waals surface area contributed by atoms with E-state index in [1.54, 1.807) is 6.07 Å². The standard InChI is InChI=1S/C21H23Cl2NO3/c1-2-27-17-7-3-5-14(11-17)20(18-9-8-16(22)12-19(18)23)24-10-4-6-15(13-24)21(25)26/h3,5,7-9,11-12,15,20H,2,4,6,10,13H2,1H3,(H,25,26). The van der Waals surface area contributed by atoms with E-state index in [1.807, 2.05) is 43.3 Å². The van der Waals surface area contributed by atoms with Crippen LogP contribution < -0.4 is 4.74 Å². The van der Waals surface area contributed by atoms with Crippen LogP contribution in [-0.2, 0) is 4.79 Å². The second-order valence-corrected chi connectivity index (χ2v) is 7.59. The molecule has 2 aromatic carbocycles. The van der Waals surface area contributed by atoms with Crippen molar-refractivity contribution in [1.82, 2.24) is 4.90 Å². The topological polar surface area (TPSA) is 49.8 Å². The molecule has 0 bridgehead atoms. The average Bonchev–Trinajstić information content (AvgIpc) is 2.65. The lowest BCUT2D eigenvalue weighted by molar-refractivity contribution is -0.143. The SMILES string of the molecule is CCOc1cccc(C(c2ccc(Cl)cc2Cl)N2CCCC(C(=O)O)C2)c1. The van der Waals surface area contributed by atoms with Crippen molar-refractivity contribution < 1.29 is 14.6 Å². The van der Waals surface area contributed by atoms with Gasteiger partial charge < -0.3 is 9.84 Å². The highest BCUT2D eigenvalue weighted by atomic mass is 35.5. The molecule has 0 spiro atoms.